The molecule has 2 aromatic heterocycles. The van der Waals surface area contributed by atoms with Crippen molar-refractivity contribution in [3.05, 3.63) is 89.0 Å². The Labute approximate surface area is 204 Å². The highest BCUT2D eigenvalue weighted by Gasteiger charge is 2.25. The molecule has 0 unspecified atom stereocenters. The Morgan fingerprint density at radius 3 is 2.40 bits per heavy atom. The third-order valence-electron chi connectivity index (χ3n) is 6.38. The second kappa shape index (κ2) is 9.22. The van der Waals surface area contributed by atoms with Crippen LogP contribution in [0.25, 0.3) is 27.9 Å². The minimum atomic E-state index is -0.302. The van der Waals surface area contributed by atoms with E-state index in [1.165, 1.54) is 5.56 Å². The molecule has 176 valence electrons. The predicted molar refractivity (Wildman–Crippen MR) is 143 cm³/mol. The number of carbonyl (C=O) groups is 1. The molecule has 5 rings (SSSR count). The molecule has 35 heavy (non-hydrogen) atoms. The van der Waals surface area contributed by atoms with E-state index in [1.54, 1.807) is 0 Å². The van der Waals surface area contributed by atoms with Crippen molar-refractivity contribution >= 4 is 39.6 Å². The molecule has 0 atom stereocenters. The number of nitrogens with zero attached hydrogens (tertiary/aromatic N) is 3. The summed E-state index contributed by atoms with van der Waals surface area (Å²) in [5, 5.41) is 3.05. The number of nitrogens with one attached hydrogen (secondary N) is 1. The van der Waals surface area contributed by atoms with E-state index >= 15 is 0 Å². The van der Waals surface area contributed by atoms with Crippen molar-refractivity contribution in [2.45, 2.75) is 40.0 Å². The van der Waals surface area contributed by atoms with Crippen LogP contribution in [0.15, 0.2) is 66.7 Å². The van der Waals surface area contributed by atoms with E-state index in [2.05, 4.69) is 24.4 Å². The molecule has 0 aliphatic carbocycles. The fourth-order valence-corrected chi connectivity index (χ4v) is 4.39. The number of hydrogen-bond acceptors (Lipinski definition) is 4. The maximum absolute atomic E-state index is 13.6. The highest BCUT2D eigenvalue weighted by molar-refractivity contribution is 6.16. The lowest BCUT2D eigenvalue weighted by Crippen LogP contribution is -2.15. The van der Waals surface area contributed by atoms with Crippen LogP contribution in [0.2, 0.25) is 0 Å². The van der Waals surface area contributed by atoms with Gasteiger partial charge in [0, 0.05) is 11.4 Å². The van der Waals surface area contributed by atoms with Crippen LogP contribution in [0.5, 0.6) is 0 Å². The van der Waals surface area contributed by atoms with Crippen molar-refractivity contribution in [2.75, 3.05) is 11.1 Å². The molecule has 0 fully saturated rings. The molecule has 1 amide bonds. The standard InChI is InChI=1S/C29H29N5O/c1-4-5-8-20-13-15-21(16-14-20)34-27(30)25(29(35)33-24-17-18(2)11-12-19(24)3)26-28(34)32-23-10-7-6-9-22(23)31-26/h6-7,9-17H,4-5,8,30H2,1-3H3,(H,33,35). The summed E-state index contributed by atoms with van der Waals surface area (Å²) in [6, 6.07) is 21.9. The van der Waals surface area contributed by atoms with Gasteiger partial charge in [0.25, 0.3) is 5.91 Å². The number of nitrogen functional groups attached to an aromatic ring is 1. The maximum atomic E-state index is 13.6. The molecule has 6 nitrogen and oxygen atoms in total. The van der Waals surface area contributed by atoms with Crippen molar-refractivity contribution in [1.29, 1.82) is 0 Å². The average Bonchev–Trinajstić information content (AvgIpc) is 3.14. The lowest BCUT2D eigenvalue weighted by molar-refractivity contribution is 0.102. The third kappa shape index (κ3) is 4.23. The van der Waals surface area contributed by atoms with Gasteiger partial charge in [-0.25, -0.2) is 9.97 Å². The van der Waals surface area contributed by atoms with E-state index < -0.39 is 0 Å². The van der Waals surface area contributed by atoms with Crippen LogP contribution in [-0.4, -0.2) is 20.4 Å². The van der Waals surface area contributed by atoms with Crippen LogP contribution < -0.4 is 11.1 Å². The summed E-state index contributed by atoms with van der Waals surface area (Å²) in [6.07, 6.45) is 3.33. The van der Waals surface area contributed by atoms with Crippen molar-refractivity contribution < 1.29 is 4.79 Å². The van der Waals surface area contributed by atoms with Gasteiger partial charge in [0.05, 0.1) is 11.0 Å². The highest BCUT2D eigenvalue weighted by atomic mass is 16.1. The van der Waals surface area contributed by atoms with E-state index in [1.807, 2.05) is 73.0 Å². The zero-order chi connectivity index (χ0) is 24.5. The maximum Gasteiger partial charge on any atom is 0.261 e. The zero-order valence-corrected chi connectivity index (χ0v) is 20.3. The summed E-state index contributed by atoms with van der Waals surface area (Å²) in [7, 11) is 0. The fourth-order valence-electron chi connectivity index (χ4n) is 4.39. The van der Waals surface area contributed by atoms with Gasteiger partial charge in [-0.1, -0.05) is 49.7 Å². The number of amides is 1. The van der Waals surface area contributed by atoms with Crippen LogP contribution in [0.1, 0.15) is 46.8 Å². The molecule has 0 aliphatic rings. The minimum Gasteiger partial charge on any atom is -0.384 e. The van der Waals surface area contributed by atoms with E-state index in [4.69, 9.17) is 15.7 Å². The van der Waals surface area contributed by atoms with Gasteiger partial charge >= 0.3 is 0 Å². The smallest absolute Gasteiger partial charge is 0.261 e. The first-order valence-corrected chi connectivity index (χ1v) is 12.0. The largest absolute Gasteiger partial charge is 0.384 e. The number of unbranched alkanes of at least 4 members (excludes halogenated alkanes) is 1. The van der Waals surface area contributed by atoms with E-state index in [0.717, 1.165) is 47.3 Å². The second-order valence-electron chi connectivity index (χ2n) is 9.02. The molecular weight excluding hydrogens is 434 g/mol. The molecule has 6 heteroatoms. The zero-order valence-electron chi connectivity index (χ0n) is 20.3. The lowest BCUT2D eigenvalue weighted by atomic mass is 10.1. The first-order chi connectivity index (χ1) is 17.0. The summed E-state index contributed by atoms with van der Waals surface area (Å²) in [5.41, 5.74) is 14.4. The Hall–Kier alpha value is -4.19. The SMILES string of the molecule is CCCCc1ccc(-n2c(N)c(C(=O)Nc3cc(C)ccc3C)c3nc4ccccc4nc32)cc1. The van der Waals surface area contributed by atoms with Gasteiger partial charge in [-0.15, -0.1) is 0 Å². The summed E-state index contributed by atoms with van der Waals surface area (Å²) in [4.78, 5) is 23.3. The lowest BCUT2D eigenvalue weighted by Gasteiger charge is -2.11. The second-order valence-corrected chi connectivity index (χ2v) is 9.02. The Kier molecular flexibility index (Phi) is 5.95. The number of fused-ring (bicyclic) bond motifs is 2. The van der Waals surface area contributed by atoms with Crippen LogP contribution in [0, 0.1) is 13.8 Å². The van der Waals surface area contributed by atoms with E-state index in [-0.39, 0.29) is 5.91 Å². The van der Waals surface area contributed by atoms with Gasteiger partial charge in [-0.3, -0.25) is 9.36 Å². The van der Waals surface area contributed by atoms with Crippen LogP contribution in [0.4, 0.5) is 11.5 Å². The molecule has 5 aromatic rings. The molecule has 0 aliphatic heterocycles. The van der Waals surface area contributed by atoms with Crippen LogP contribution in [-0.2, 0) is 6.42 Å². The molecule has 0 bridgehead atoms. The van der Waals surface area contributed by atoms with Gasteiger partial charge < -0.3 is 11.1 Å². The van der Waals surface area contributed by atoms with Gasteiger partial charge in [0.1, 0.15) is 16.9 Å². The van der Waals surface area contributed by atoms with Gasteiger partial charge in [0.2, 0.25) is 0 Å². The molecule has 3 N–H and O–H groups in total. The van der Waals surface area contributed by atoms with E-state index in [9.17, 15) is 4.79 Å². The molecule has 2 heterocycles. The number of para-hydroxylation sites is 2. The molecule has 0 saturated carbocycles. The van der Waals surface area contributed by atoms with Crippen molar-refractivity contribution in [3.8, 4) is 5.69 Å². The highest BCUT2D eigenvalue weighted by Crippen LogP contribution is 2.32. The quantitative estimate of drug-likeness (QED) is 0.306. The topological polar surface area (TPSA) is 85.8 Å². The Balaban J connectivity index is 1.67. The number of rotatable bonds is 6. The number of aromatic nitrogens is 3. The van der Waals surface area contributed by atoms with Crippen LogP contribution >= 0.6 is 0 Å². The number of anilines is 2. The van der Waals surface area contributed by atoms with Crippen molar-refractivity contribution in [3.63, 3.8) is 0 Å². The Morgan fingerprint density at radius 2 is 1.69 bits per heavy atom. The number of nitrogens with two attached hydrogens (primary N) is 1. The average molecular weight is 464 g/mol. The van der Waals surface area contributed by atoms with Gasteiger partial charge in [-0.05, 0) is 73.7 Å². The molecular formula is C29H29N5O. The molecule has 3 aromatic carbocycles. The summed E-state index contributed by atoms with van der Waals surface area (Å²) < 4.78 is 1.83. The number of carbonyl (C=O) groups excluding carboxylic acids is 1. The Bertz CT molecular complexity index is 1550. The third-order valence-corrected chi connectivity index (χ3v) is 6.38. The van der Waals surface area contributed by atoms with E-state index in [0.29, 0.717) is 28.1 Å². The van der Waals surface area contributed by atoms with Crippen molar-refractivity contribution in [1.82, 2.24) is 14.5 Å². The first-order valence-electron chi connectivity index (χ1n) is 12.0. The number of hydrogen-bond donors (Lipinski definition) is 2. The summed E-state index contributed by atoms with van der Waals surface area (Å²) in [6.45, 7) is 6.15. The molecule has 0 saturated heterocycles. The normalized spacial score (nSPS) is 11.3. The first kappa shape index (κ1) is 22.6. The number of aryl methyl sites for hydroxylation is 3. The molecule has 0 radical (unpaired) electrons. The Morgan fingerprint density at radius 1 is 0.971 bits per heavy atom. The van der Waals surface area contributed by atoms with Gasteiger partial charge in [-0.2, -0.15) is 0 Å². The molecule has 0 spiro atoms. The summed E-state index contributed by atoms with van der Waals surface area (Å²) >= 11 is 0. The van der Waals surface area contributed by atoms with Gasteiger partial charge in [0.15, 0.2) is 5.65 Å². The van der Waals surface area contributed by atoms with Crippen LogP contribution in [0.3, 0.4) is 0 Å². The fraction of sp³-hybridized carbons (Fsp3) is 0.207. The number of benzene rings is 3. The minimum absolute atomic E-state index is 0.302. The summed E-state index contributed by atoms with van der Waals surface area (Å²) in [5.74, 6) is 0.0171. The predicted octanol–water partition coefficient (Wildman–Crippen LogP) is 6.37. The van der Waals surface area contributed by atoms with Crippen molar-refractivity contribution in [2.24, 2.45) is 0 Å². The monoisotopic (exact) mass is 463 g/mol.